The van der Waals surface area contributed by atoms with Gasteiger partial charge in [-0.05, 0) is 36.2 Å². The van der Waals surface area contributed by atoms with Gasteiger partial charge in [0.25, 0.3) is 10.0 Å². The monoisotopic (exact) mass is 517 g/mol. The molecule has 2 heterocycles. The van der Waals surface area contributed by atoms with Crippen LogP contribution in [0.5, 0.6) is 5.75 Å². The van der Waals surface area contributed by atoms with Gasteiger partial charge in [-0.3, -0.25) is 9.10 Å². The topological polar surface area (TPSA) is 89.5 Å². The van der Waals surface area contributed by atoms with E-state index in [2.05, 4.69) is 9.97 Å². The quantitative estimate of drug-likeness (QED) is 0.190. The fourth-order valence-corrected chi connectivity index (χ4v) is 6.33. The zero-order valence-electron chi connectivity index (χ0n) is 19.7. The second-order valence-corrected chi connectivity index (χ2v) is 11.0. The summed E-state index contributed by atoms with van der Waals surface area (Å²) in [6.07, 6.45) is 1.34. The van der Waals surface area contributed by atoms with Gasteiger partial charge in [-0.15, -0.1) is 0 Å². The third-order valence-electron chi connectivity index (χ3n) is 6.03. The highest BCUT2D eigenvalue weighted by Gasteiger charge is 2.36. The molecule has 0 atom stereocenters. The van der Waals surface area contributed by atoms with Crippen molar-refractivity contribution in [3.05, 3.63) is 95.7 Å². The summed E-state index contributed by atoms with van der Waals surface area (Å²) in [5, 5.41) is 0.336. The third kappa shape index (κ3) is 4.47. The fourth-order valence-electron chi connectivity index (χ4n) is 4.07. The maximum absolute atomic E-state index is 13.7. The first-order valence-electron chi connectivity index (χ1n) is 11.2. The lowest BCUT2D eigenvalue weighted by atomic mass is 10.1. The Hall–Kier alpha value is -3.69. The summed E-state index contributed by atoms with van der Waals surface area (Å²) in [5.41, 5.74) is 4.08. The van der Waals surface area contributed by atoms with Gasteiger partial charge in [0.05, 0.1) is 37.0 Å². The molecule has 1 aliphatic heterocycles. The van der Waals surface area contributed by atoms with Crippen LogP contribution in [0.15, 0.2) is 89.0 Å². The highest BCUT2D eigenvalue weighted by atomic mass is 32.2. The van der Waals surface area contributed by atoms with E-state index in [1.165, 1.54) is 22.3 Å². The highest BCUT2D eigenvalue weighted by molar-refractivity contribution is 7.99. The Morgan fingerprint density at radius 1 is 1.03 bits per heavy atom. The summed E-state index contributed by atoms with van der Waals surface area (Å²) < 4.78 is 34.0. The third-order valence-corrected chi connectivity index (χ3v) is 8.65. The SMILES string of the molecule is COc1cccc(C(=O)CSc2ncc3c(n2)-c2ccccc2N(Cc2ccccc2C)S3(=O)=O)c1. The second kappa shape index (κ2) is 9.75. The van der Waals surface area contributed by atoms with Crippen LogP contribution in [0, 0.1) is 6.92 Å². The number of Topliss-reactive ketones (excluding diaryl/α,β-unsaturated/α-hetero) is 1. The van der Waals surface area contributed by atoms with Gasteiger partial charge < -0.3 is 4.74 Å². The van der Waals surface area contributed by atoms with Crippen molar-refractivity contribution in [2.24, 2.45) is 0 Å². The minimum Gasteiger partial charge on any atom is -0.497 e. The molecule has 3 aromatic carbocycles. The van der Waals surface area contributed by atoms with E-state index in [1.807, 2.05) is 49.4 Å². The zero-order chi connectivity index (χ0) is 25.3. The first-order valence-corrected chi connectivity index (χ1v) is 13.6. The molecule has 0 radical (unpaired) electrons. The molecule has 0 fully saturated rings. The molecule has 0 unspecified atom stereocenters. The summed E-state index contributed by atoms with van der Waals surface area (Å²) in [6.45, 7) is 2.17. The molecule has 1 aromatic heterocycles. The molecule has 0 saturated carbocycles. The van der Waals surface area contributed by atoms with E-state index >= 15 is 0 Å². The maximum atomic E-state index is 13.7. The highest BCUT2D eigenvalue weighted by Crippen LogP contribution is 2.43. The van der Waals surface area contributed by atoms with Gasteiger partial charge in [-0.1, -0.05) is 66.4 Å². The number of rotatable bonds is 7. The Bertz CT molecular complexity index is 1570. The molecule has 36 heavy (non-hydrogen) atoms. The largest absolute Gasteiger partial charge is 0.497 e. The van der Waals surface area contributed by atoms with E-state index < -0.39 is 10.0 Å². The predicted molar refractivity (Wildman–Crippen MR) is 140 cm³/mol. The molecule has 0 aliphatic carbocycles. The van der Waals surface area contributed by atoms with Gasteiger partial charge >= 0.3 is 0 Å². The first kappa shape index (κ1) is 24.0. The van der Waals surface area contributed by atoms with Gasteiger partial charge in [-0.2, -0.15) is 0 Å². The van der Waals surface area contributed by atoms with E-state index in [0.29, 0.717) is 33.4 Å². The molecule has 1 aliphatic rings. The van der Waals surface area contributed by atoms with Crippen molar-refractivity contribution in [1.82, 2.24) is 9.97 Å². The molecule has 0 saturated heterocycles. The van der Waals surface area contributed by atoms with Crippen molar-refractivity contribution >= 4 is 33.3 Å². The molecule has 4 aromatic rings. The number of sulfonamides is 1. The lowest BCUT2D eigenvalue weighted by molar-refractivity contribution is 0.102. The van der Waals surface area contributed by atoms with Crippen LogP contribution in [0.2, 0.25) is 0 Å². The van der Waals surface area contributed by atoms with Gasteiger partial charge in [0, 0.05) is 11.1 Å². The Labute approximate surface area is 214 Å². The number of anilines is 1. The molecule has 9 heteroatoms. The Balaban J connectivity index is 1.46. The van der Waals surface area contributed by atoms with Crippen molar-refractivity contribution < 1.29 is 17.9 Å². The van der Waals surface area contributed by atoms with Crippen LogP contribution >= 0.6 is 11.8 Å². The summed E-state index contributed by atoms with van der Waals surface area (Å²) >= 11 is 1.17. The van der Waals surface area contributed by atoms with Crippen molar-refractivity contribution in [3.63, 3.8) is 0 Å². The lowest BCUT2D eigenvalue weighted by Crippen LogP contribution is -2.34. The number of nitrogens with zero attached hydrogens (tertiary/aromatic N) is 3. The van der Waals surface area contributed by atoms with Crippen LogP contribution in [-0.4, -0.2) is 37.0 Å². The van der Waals surface area contributed by atoms with Crippen molar-refractivity contribution in [1.29, 1.82) is 0 Å². The molecule has 5 rings (SSSR count). The number of hydrogen-bond acceptors (Lipinski definition) is 7. The van der Waals surface area contributed by atoms with E-state index in [1.54, 1.807) is 37.4 Å². The second-order valence-electron chi connectivity index (χ2n) is 8.26. The lowest BCUT2D eigenvalue weighted by Gasteiger charge is -2.31. The van der Waals surface area contributed by atoms with Crippen LogP contribution in [0.3, 0.4) is 0 Å². The van der Waals surface area contributed by atoms with Gasteiger partial charge in [0.15, 0.2) is 10.9 Å². The summed E-state index contributed by atoms with van der Waals surface area (Å²) in [5.74, 6) is 0.616. The molecule has 7 nitrogen and oxygen atoms in total. The summed E-state index contributed by atoms with van der Waals surface area (Å²) in [7, 11) is -2.34. The molecule has 182 valence electrons. The number of para-hydroxylation sites is 1. The summed E-state index contributed by atoms with van der Waals surface area (Å²) in [4.78, 5) is 21.6. The number of methoxy groups -OCH3 is 1. The first-order chi connectivity index (χ1) is 17.4. The number of hydrogen-bond donors (Lipinski definition) is 0. The van der Waals surface area contributed by atoms with Crippen molar-refractivity contribution in [2.45, 2.75) is 23.5 Å². The molecule has 0 N–H and O–H groups in total. The van der Waals surface area contributed by atoms with E-state index in [0.717, 1.165) is 11.1 Å². The average Bonchev–Trinajstić information content (AvgIpc) is 2.90. The Morgan fingerprint density at radius 3 is 2.61 bits per heavy atom. The van der Waals surface area contributed by atoms with Gasteiger partial charge in [0.2, 0.25) is 0 Å². The van der Waals surface area contributed by atoms with Crippen molar-refractivity contribution in [2.75, 3.05) is 17.2 Å². The van der Waals surface area contributed by atoms with Gasteiger partial charge in [0.1, 0.15) is 10.6 Å². The number of carbonyl (C=O) groups is 1. The number of ketones is 1. The number of aromatic nitrogens is 2. The van der Waals surface area contributed by atoms with Crippen molar-refractivity contribution in [3.8, 4) is 17.0 Å². The molecule has 0 bridgehead atoms. The number of aryl methyl sites for hydroxylation is 1. The number of carbonyl (C=O) groups excluding carboxylic acids is 1. The van der Waals surface area contributed by atoms with Gasteiger partial charge in [-0.25, -0.2) is 18.4 Å². The van der Waals surface area contributed by atoms with Crippen LogP contribution in [0.4, 0.5) is 5.69 Å². The minimum absolute atomic E-state index is 0.0539. The fraction of sp³-hybridized carbons (Fsp3) is 0.148. The Morgan fingerprint density at radius 2 is 1.81 bits per heavy atom. The smallest absolute Gasteiger partial charge is 0.268 e. The molecule has 0 amide bonds. The summed E-state index contributed by atoms with van der Waals surface area (Å²) in [6, 6.07) is 22.0. The minimum atomic E-state index is -3.89. The van der Waals surface area contributed by atoms with Crippen LogP contribution < -0.4 is 9.04 Å². The zero-order valence-corrected chi connectivity index (χ0v) is 21.3. The van der Waals surface area contributed by atoms with E-state index in [-0.39, 0.29) is 23.0 Å². The predicted octanol–water partition coefficient (Wildman–Crippen LogP) is 5.14. The van der Waals surface area contributed by atoms with Crippen LogP contribution in [0.25, 0.3) is 11.3 Å². The number of fused-ring (bicyclic) bond motifs is 3. The maximum Gasteiger partial charge on any atom is 0.268 e. The Kier molecular flexibility index (Phi) is 6.51. The standard InChI is InChI=1S/C27H23N3O4S2/c1-18-8-3-4-9-20(18)16-30-23-13-6-5-12-22(23)26-25(36(30,32)33)15-28-27(29-26)35-17-24(31)19-10-7-11-21(14-19)34-2/h3-15H,16-17H2,1-2H3. The van der Waals surface area contributed by atoms with Crippen LogP contribution in [-0.2, 0) is 16.6 Å². The molecular formula is C27H23N3O4S2. The number of thioether (sulfide) groups is 1. The normalized spacial score (nSPS) is 13.6. The van der Waals surface area contributed by atoms with Crippen LogP contribution in [0.1, 0.15) is 21.5 Å². The molecule has 0 spiro atoms. The number of benzene rings is 3. The van der Waals surface area contributed by atoms with E-state index in [4.69, 9.17) is 4.74 Å². The average molecular weight is 518 g/mol. The molecular weight excluding hydrogens is 494 g/mol. The number of ether oxygens (including phenoxy) is 1. The van der Waals surface area contributed by atoms with E-state index in [9.17, 15) is 13.2 Å².